The van der Waals surface area contributed by atoms with Gasteiger partial charge in [-0.1, -0.05) is 41.6 Å². The molecule has 3 rings (SSSR count). The van der Waals surface area contributed by atoms with Crippen LogP contribution in [0.5, 0.6) is 11.5 Å². The number of hydrogen-bond acceptors (Lipinski definition) is 5. The SMILES string of the molecule is COc1cc(-c2c(-c3ccccc3)noc2C)ccc1OCCO. The Kier molecular flexibility index (Phi) is 4.82. The summed E-state index contributed by atoms with van der Waals surface area (Å²) in [6.07, 6.45) is 0. The fraction of sp³-hybridized carbons (Fsp3) is 0.211. The van der Waals surface area contributed by atoms with E-state index in [0.717, 1.165) is 28.1 Å². The number of methoxy groups -OCH3 is 1. The van der Waals surface area contributed by atoms with Crippen molar-refractivity contribution in [2.45, 2.75) is 6.92 Å². The molecular weight excluding hydrogens is 306 g/mol. The second-order valence-electron chi connectivity index (χ2n) is 5.27. The third-order valence-electron chi connectivity index (χ3n) is 3.71. The molecule has 0 radical (unpaired) electrons. The van der Waals surface area contributed by atoms with Gasteiger partial charge in [-0.25, -0.2) is 0 Å². The van der Waals surface area contributed by atoms with E-state index in [1.54, 1.807) is 7.11 Å². The molecule has 1 aromatic heterocycles. The van der Waals surface area contributed by atoms with E-state index in [4.69, 9.17) is 19.1 Å². The molecule has 0 spiro atoms. The van der Waals surface area contributed by atoms with Gasteiger partial charge in [0.05, 0.1) is 19.3 Å². The van der Waals surface area contributed by atoms with E-state index in [0.29, 0.717) is 11.5 Å². The van der Waals surface area contributed by atoms with Crippen molar-refractivity contribution in [3.63, 3.8) is 0 Å². The lowest BCUT2D eigenvalue weighted by molar-refractivity contribution is 0.196. The van der Waals surface area contributed by atoms with Crippen LogP contribution >= 0.6 is 0 Å². The molecule has 0 amide bonds. The molecule has 3 aromatic rings. The van der Waals surface area contributed by atoms with Gasteiger partial charge < -0.3 is 19.1 Å². The lowest BCUT2D eigenvalue weighted by Crippen LogP contribution is -2.03. The first-order valence-corrected chi connectivity index (χ1v) is 7.68. The number of aryl methyl sites for hydroxylation is 1. The Morgan fingerprint density at radius 2 is 1.83 bits per heavy atom. The number of aliphatic hydroxyl groups is 1. The molecule has 24 heavy (non-hydrogen) atoms. The van der Waals surface area contributed by atoms with Gasteiger partial charge in [-0.05, 0) is 24.6 Å². The fourth-order valence-corrected chi connectivity index (χ4v) is 2.60. The number of nitrogens with zero attached hydrogens (tertiary/aromatic N) is 1. The number of rotatable bonds is 6. The van der Waals surface area contributed by atoms with Crippen LogP contribution in [-0.4, -0.2) is 30.6 Å². The molecule has 0 unspecified atom stereocenters. The van der Waals surface area contributed by atoms with Crippen LogP contribution in [0, 0.1) is 6.92 Å². The van der Waals surface area contributed by atoms with E-state index in [9.17, 15) is 0 Å². The second-order valence-corrected chi connectivity index (χ2v) is 5.27. The van der Waals surface area contributed by atoms with Gasteiger partial charge in [0.1, 0.15) is 18.1 Å². The summed E-state index contributed by atoms with van der Waals surface area (Å²) in [5, 5.41) is 13.1. The van der Waals surface area contributed by atoms with Gasteiger partial charge in [0.2, 0.25) is 0 Å². The molecule has 0 saturated heterocycles. The Balaban J connectivity index is 2.05. The largest absolute Gasteiger partial charge is 0.493 e. The highest BCUT2D eigenvalue weighted by molar-refractivity contribution is 5.82. The minimum Gasteiger partial charge on any atom is -0.493 e. The normalized spacial score (nSPS) is 10.6. The molecule has 2 aromatic carbocycles. The monoisotopic (exact) mass is 325 g/mol. The quantitative estimate of drug-likeness (QED) is 0.748. The molecule has 0 aliphatic rings. The van der Waals surface area contributed by atoms with Crippen molar-refractivity contribution < 1.29 is 19.1 Å². The molecule has 0 saturated carbocycles. The van der Waals surface area contributed by atoms with Gasteiger partial charge in [0, 0.05) is 5.56 Å². The maximum Gasteiger partial charge on any atom is 0.161 e. The molecule has 0 atom stereocenters. The van der Waals surface area contributed by atoms with Gasteiger partial charge in [-0.2, -0.15) is 0 Å². The summed E-state index contributed by atoms with van der Waals surface area (Å²) in [6, 6.07) is 15.5. The molecule has 1 heterocycles. The summed E-state index contributed by atoms with van der Waals surface area (Å²) in [4.78, 5) is 0. The van der Waals surface area contributed by atoms with Crippen LogP contribution in [0.1, 0.15) is 5.76 Å². The van der Waals surface area contributed by atoms with Crippen LogP contribution in [0.25, 0.3) is 22.4 Å². The molecule has 124 valence electrons. The summed E-state index contributed by atoms with van der Waals surface area (Å²) < 4.78 is 16.3. The molecule has 0 fully saturated rings. The molecular formula is C19H19NO4. The van der Waals surface area contributed by atoms with Gasteiger partial charge in [0.15, 0.2) is 11.5 Å². The highest BCUT2D eigenvalue weighted by atomic mass is 16.5. The van der Waals surface area contributed by atoms with Crippen LogP contribution in [0.3, 0.4) is 0 Å². The Labute approximate surface area is 140 Å². The van der Waals surface area contributed by atoms with Gasteiger partial charge in [-0.3, -0.25) is 0 Å². The van der Waals surface area contributed by atoms with Crippen LogP contribution in [-0.2, 0) is 0 Å². The summed E-state index contributed by atoms with van der Waals surface area (Å²) in [5.41, 5.74) is 3.64. The first-order valence-electron chi connectivity index (χ1n) is 7.68. The molecule has 1 N–H and O–H groups in total. The summed E-state index contributed by atoms with van der Waals surface area (Å²) >= 11 is 0. The predicted octanol–water partition coefficient (Wildman–Crippen LogP) is 3.70. The fourth-order valence-electron chi connectivity index (χ4n) is 2.60. The van der Waals surface area contributed by atoms with Crippen molar-refractivity contribution in [2.24, 2.45) is 0 Å². The smallest absolute Gasteiger partial charge is 0.161 e. The van der Waals surface area contributed by atoms with Crippen molar-refractivity contribution in [2.75, 3.05) is 20.3 Å². The van der Waals surface area contributed by atoms with E-state index in [1.807, 2.05) is 55.5 Å². The van der Waals surface area contributed by atoms with Gasteiger partial charge in [-0.15, -0.1) is 0 Å². The van der Waals surface area contributed by atoms with E-state index in [-0.39, 0.29) is 13.2 Å². The third-order valence-corrected chi connectivity index (χ3v) is 3.71. The van der Waals surface area contributed by atoms with Crippen molar-refractivity contribution in [3.8, 4) is 33.9 Å². The van der Waals surface area contributed by atoms with Crippen molar-refractivity contribution in [3.05, 3.63) is 54.3 Å². The first-order chi connectivity index (χ1) is 11.7. The Morgan fingerprint density at radius 3 is 2.54 bits per heavy atom. The van der Waals surface area contributed by atoms with E-state index >= 15 is 0 Å². The minimum atomic E-state index is -0.0478. The zero-order valence-electron chi connectivity index (χ0n) is 13.7. The van der Waals surface area contributed by atoms with Crippen LogP contribution in [0.2, 0.25) is 0 Å². The highest BCUT2D eigenvalue weighted by Gasteiger charge is 2.18. The number of aliphatic hydroxyl groups excluding tert-OH is 1. The van der Waals surface area contributed by atoms with Gasteiger partial charge >= 0.3 is 0 Å². The number of aromatic nitrogens is 1. The highest BCUT2D eigenvalue weighted by Crippen LogP contribution is 2.38. The number of ether oxygens (including phenoxy) is 2. The average molecular weight is 325 g/mol. The maximum atomic E-state index is 8.91. The van der Waals surface area contributed by atoms with Crippen LogP contribution in [0.4, 0.5) is 0 Å². The van der Waals surface area contributed by atoms with Crippen molar-refractivity contribution in [1.29, 1.82) is 0 Å². The molecule has 0 bridgehead atoms. The molecule has 5 heteroatoms. The zero-order valence-corrected chi connectivity index (χ0v) is 13.7. The molecule has 0 aliphatic carbocycles. The first kappa shape index (κ1) is 16.1. The van der Waals surface area contributed by atoms with Crippen molar-refractivity contribution in [1.82, 2.24) is 5.16 Å². The van der Waals surface area contributed by atoms with Crippen LogP contribution in [0.15, 0.2) is 53.1 Å². The zero-order chi connectivity index (χ0) is 16.9. The van der Waals surface area contributed by atoms with Crippen molar-refractivity contribution >= 4 is 0 Å². The predicted molar refractivity (Wildman–Crippen MR) is 91.2 cm³/mol. The van der Waals surface area contributed by atoms with E-state index in [2.05, 4.69) is 5.16 Å². The lowest BCUT2D eigenvalue weighted by Gasteiger charge is -2.12. The Hall–Kier alpha value is -2.79. The van der Waals surface area contributed by atoms with Gasteiger partial charge in [0.25, 0.3) is 0 Å². The standard InChI is InChI=1S/C19H19NO4/c1-13-18(19(20-24-13)14-6-4-3-5-7-14)15-8-9-16(23-11-10-21)17(12-15)22-2/h3-9,12,21H,10-11H2,1-2H3. The summed E-state index contributed by atoms with van der Waals surface area (Å²) in [5.74, 6) is 1.92. The minimum absolute atomic E-state index is 0.0478. The number of hydrogen-bond donors (Lipinski definition) is 1. The second kappa shape index (κ2) is 7.19. The maximum absolute atomic E-state index is 8.91. The third kappa shape index (κ3) is 3.12. The molecule has 5 nitrogen and oxygen atoms in total. The average Bonchev–Trinajstić information content (AvgIpc) is 3.02. The molecule has 0 aliphatic heterocycles. The number of benzene rings is 2. The Morgan fingerprint density at radius 1 is 1.04 bits per heavy atom. The van der Waals surface area contributed by atoms with E-state index < -0.39 is 0 Å². The van der Waals surface area contributed by atoms with E-state index in [1.165, 1.54) is 0 Å². The van der Waals surface area contributed by atoms with Crippen LogP contribution < -0.4 is 9.47 Å². The lowest BCUT2D eigenvalue weighted by atomic mass is 9.99. The Bertz CT molecular complexity index is 811. The summed E-state index contributed by atoms with van der Waals surface area (Å²) in [7, 11) is 1.59. The topological polar surface area (TPSA) is 64.7 Å². The summed E-state index contributed by atoms with van der Waals surface area (Å²) in [6.45, 7) is 2.06.